The second kappa shape index (κ2) is 7.50. The Balaban J connectivity index is 1.82. The van der Waals surface area contributed by atoms with Crippen molar-refractivity contribution in [2.24, 2.45) is 0 Å². The SMILES string of the molecule is Cc1ccc(C(=O)CCC(=O)NC(C)c2ccccn2)cc1. The molecule has 0 radical (unpaired) electrons. The maximum absolute atomic E-state index is 12.0. The third-order valence-corrected chi connectivity index (χ3v) is 3.46. The van der Waals surface area contributed by atoms with Crippen molar-refractivity contribution in [1.29, 1.82) is 0 Å². The standard InChI is InChI=1S/C18H20N2O2/c1-13-6-8-15(9-7-13)17(21)10-11-18(22)20-14(2)16-5-3-4-12-19-16/h3-9,12,14H,10-11H2,1-2H3,(H,20,22). The van der Waals surface area contributed by atoms with Gasteiger partial charge in [-0.2, -0.15) is 0 Å². The lowest BCUT2D eigenvalue weighted by Gasteiger charge is -2.13. The van der Waals surface area contributed by atoms with E-state index in [9.17, 15) is 9.59 Å². The number of hydrogen-bond acceptors (Lipinski definition) is 3. The Hall–Kier alpha value is -2.49. The minimum Gasteiger partial charge on any atom is -0.348 e. The van der Waals surface area contributed by atoms with Crippen LogP contribution in [0, 0.1) is 6.92 Å². The number of amides is 1. The minimum absolute atomic E-state index is 0.0133. The first-order valence-electron chi connectivity index (χ1n) is 7.36. The molecule has 4 heteroatoms. The molecule has 1 atom stereocenters. The molecule has 0 saturated heterocycles. The summed E-state index contributed by atoms with van der Waals surface area (Å²) in [6.07, 6.45) is 2.09. The lowest BCUT2D eigenvalue weighted by Crippen LogP contribution is -2.27. The molecule has 2 aromatic rings. The summed E-state index contributed by atoms with van der Waals surface area (Å²) in [6, 6.07) is 12.8. The number of carbonyl (C=O) groups excluding carboxylic acids is 2. The van der Waals surface area contributed by atoms with E-state index in [1.807, 2.05) is 44.2 Å². The number of pyridine rings is 1. The molecule has 4 nitrogen and oxygen atoms in total. The Kier molecular flexibility index (Phi) is 5.42. The zero-order valence-electron chi connectivity index (χ0n) is 12.9. The van der Waals surface area contributed by atoms with Crippen molar-refractivity contribution in [2.75, 3.05) is 0 Å². The van der Waals surface area contributed by atoms with Crippen LogP contribution in [0.15, 0.2) is 48.7 Å². The molecule has 1 amide bonds. The summed E-state index contributed by atoms with van der Waals surface area (Å²) >= 11 is 0. The number of rotatable bonds is 6. The molecule has 0 aliphatic heterocycles. The fraction of sp³-hybridized carbons (Fsp3) is 0.278. The predicted molar refractivity (Wildman–Crippen MR) is 85.5 cm³/mol. The molecule has 1 heterocycles. The molecule has 0 fully saturated rings. The van der Waals surface area contributed by atoms with E-state index < -0.39 is 0 Å². The van der Waals surface area contributed by atoms with Gasteiger partial charge in [-0.25, -0.2) is 0 Å². The average molecular weight is 296 g/mol. The van der Waals surface area contributed by atoms with E-state index in [1.165, 1.54) is 0 Å². The first kappa shape index (κ1) is 15.9. The number of carbonyl (C=O) groups is 2. The second-order valence-corrected chi connectivity index (χ2v) is 5.33. The highest BCUT2D eigenvalue weighted by Crippen LogP contribution is 2.10. The van der Waals surface area contributed by atoms with Gasteiger partial charge in [0, 0.05) is 24.6 Å². The third-order valence-electron chi connectivity index (χ3n) is 3.46. The molecule has 0 aliphatic rings. The van der Waals surface area contributed by atoms with Crippen molar-refractivity contribution in [3.05, 3.63) is 65.5 Å². The van der Waals surface area contributed by atoms with E-state index in [4.69, 9.17) is 0 Å². The fourth-order valence-electron chi connectivity index (χ4n) is 2.13. The fourth-order valence-corrected chi connectivity index (χ4v) is 2.13. The molecule has 0 aliphatic carbocycles. The van der Waals surface area contributed by atoms with Crippen molar-refractivity contribution < 1.29 is 9.59 Å². The van der Waals surface area contributed by atoms with Crippen molar-refractivity contribution in [3.63, 3.8) is 0 Å². The summed E-state index contributed by atoms with van der Waals surface area (Å²) in [5.74, 6) is -0.153. The molecule has 0 bridgehead atoms. The van der Waals surface area contributed by atoms with Gasteiger partial charge in [-0.3, -0.25) is 14.6 Å². The van der Waals surface area contributed by atoms with E-state index in [2.05, 4.69) is 10.3 Å². The van der Waals surface area contributed by atoms with Gasteiger partial charge >= 0.3 is 0 Å². The van der Waals surface area contributed by atoms with Crippen LogP contribution in [-0.2, 0) is 4.79 Å². The molecule has 22 heavy (non-hydrogen) atoms. The van der Waals surface area contributed by atoms with E-state index in [-0.39, 0.29) is 30.6 Å². The topological polar surface area (TPSA) is 59.1 Å². The maximum Gasteiger partial charge on any atom is 0.220 e. The van der Waals surface area contributed by atoms with Crippen LogP contribution in [-0.4, -0.2) is 16.7 Å². The van der Waals surface area contributed by atoms with Crippen LogP contribution in [0.4, 0.5) is 0 Å². The van der Waals surface area contributed by atoms with Crippen LogP contribution in [0.25, 0.3) is 0 Å². The molecule has 1 aromatic heterocycles. The van der Waals surface area contributed by atoms with Gasteiger partial charge in [0.25, 0.3) is 0 Å². The lowest BCUT2D eigenvalue weighted by molar-refractivity contribution is -0.121. The monoisotopic (exact) mass is 296 g/mol. The summed E-state index contributed by atoms with van der Waals surface area (Å²) < 4.78 is 0. The molecular formula is C18H20N2O2. The lowest BCUT2D eigenvalue weighted by atomic mass is 10.0. The maximum atomic E-state index is 12.0. The number of nitrogens with one attached hydrogen (secondary N) is 1. The third kappa shape index (κ3) is 4.52. The second-order valence-electron chi connectivity index (χ2n) is 5.33. The summed E-state index contributed by atoms with van der Waals surface area (Å²) in [7, 11) is 0. The smallest absolute Gasteiger partial charge is 0.220 e. The van der Waals surface area contributed by atoms with Gasteiger partial charge in [0.05, 0.1) is 11.7 Å². The van der Waals surface area contributed by atoms with Crippen molar-refractivity contribution in [1.82, 2.24) is 10.3 Å². The number of aryl methyl sites for hydroxylation is 1. The van der Waals surface area contributed by atoms with Gasteiger partial charge in [-0.05, 0) is 26.0 Å². The number of benzene rings is 1. The Morgan fingerprint density at radius 3 is 2.45 bits per heavy atom. The summed E-state index contributed by atoms with van der Waals surface area (Å²) in [4.78, 5) is 28.2. The molecule has 1 unspecified atom stereocenters. The molecule has 0 spiro atoms. The van der Waals surface area contributed by atoms with Crippen LogP contribution in [0.5, 0.6) is 0 Å². The van der Waals surface area contributed by atoms with E-state index in [0.29, 0.717) is 5.56 Å². The highest BCUT2D eigenvalue weighted by Gasteiger charge is 2.12. The summed E-state index contributed by atoms with van der Waals surface area (Å²) in [5.41, 5.74) is 2.57. The Bertz CT molecular complexity index is 636. The number of aromatic nitrogens is 1. The summed E-state index contributed by atoms with van der Waals surface area (Å²) in [5, 5.41) is 2.86. The van der Waals surface area contributed by atoms with Crippen LogP contribution in [0.3, 0.4) is 0 Å². The molecule has 1 N–H and O–H groups in total. The normalized spacial score (nSPS) is 11.7. The molecule has 0 saturated carbocycles. The zero-order chi connectivity index (χ0) is 15.9. The molecule has 1 aromatic carbocycles. The zero-order valence-corrected chi connectivity index (χ0v) is 12.9. The van der Waals surface area contributed by atoms with Gasteiger partial charge in [0.2, 0.25) is 5.91 Å². The van der Waals surface area contributed by atoms with E-state index in [0.717, 1.165) is 11.3 Å². The summed E-state index contributed by atoms with van der Waals surface area (Å²) in [6.45, 7) is 3.85. The Morgan fingerprint density at radius 1 is 1.09 bits per heavy atom. The first-order valence-corrected chi connectivity index (χ1v) is 7.36. The number of nitrogens with zero attached hydrogens (tertiary/aromatic N) is 1. The van der Waals surface area contributed by atoms with Crippen molar-refractivity contribution in [2.45, 2.75) is 32.7 Å². The van der Waals surface area contributed by atoms with Gasteiger partial charge in [-0.1, -0.05) is 35.9 Å². The predicted octanol–water partition coefficient (Wildman–Crippen LogP) is 3.23. The number of Topliss-reactive ketones (excluding diaryl/α,β-unsaturated/α-hetero) is 1. The van der Waals surface area contributed by atoms with Gasteiger partial charge < -0.3 is 5.32 Å². The van der Waals surface area contributed by atoms with Gasteiger partial charge in [0.15, 0.2) is 5.78 Å². The average Bonchev–Trinajstić information content (AvgIpc) is 2.54. The first-order chi connectivity index (χ1) is 10.6. The van der Waals surface area contributed by atoms with Crippen molar-refractivity contribution in [3.8, 4) is 0 Å². The van der Waals surface area contributed by atoms with Crippen molar-refractivity contribution >= 4 is 11.7 Å². The van der Waals surface area contributed by atoms with E-state index in [1.54, 1.807) is 18.3 Å². The Morgan fingerprint density at radius 2 is 1.82 bits per heavy atom. The number of ketones is 1. The van der Waals surface area contributed by atoms with Crippen LogP contribution < -0.4 is 5.32 Å². The molecular weight excluding hydrogens is 276 g/mol. The molecule has 2 rings (SSSR count). The number of hydrogen-bond donors (Lipinski definition) is 1. The van der Waals surface area contributed by atoms with Gasteiger partial charge in [0.1, 0.15) is 0 Å². The van der Waals surface area contributed by atoms with Crippen LogP contribution in [0.1, 0.15) is 47.4 Å². The van der Waals surface area contributed by atoms with Crippen LogP contribution in [0.2, 0.25) is 0 Å². The largest absolute Gasteiger partial charge is 0.348 e. The van der Waals surface area contributed by atoms with Crippen LogP contribution >= 0.6 is 0 Å². The minimum atomic E-state index is -0.164. The Labute approximate surface area is 130 Å². The quantitative estimate of drug-likeness (QED) is 0.833. The van der Waals surface area contributed by atoms with E-state index >= 15 is 0 Å². The highest BCUT2D eigenvalue weighted by atomic mass is 16.2. The molecule has 114 valence electrons. The van der Waals surface area contributed by atoms with Gasteiger partial charge in [-0.15, -0.1) is 0 Å². The highest BCUT2D eigenvalue weighted by molar-refractivity contribution is 5.97.